The number of rotatable bonds is 4. The van der Waals surface area contributed by atoms with Crippen molar-refractivity contribution >= 4 is 5.91 Å². The summed E-state index contributed by atoms with van der Waals surface area (Å²) in [6, 6.07) is 10.5. The van der Waals surface area contributed by atoms with Gasteiger partial charge in [-0.15, -0.1) is 0 Å². The van der Waals surface area contributed by atoms with Gasteiger partial charge in [0.2, 0.25) is 0 Å². The second-order valence-electron chi connectivity index (χ2n) is 6.30. The predicted octanol–water partition coefficient (Wildman–Crippen LogP) is 4.49. The first-order chi connectivity index (χ1) is 10.3. The Morgan fingerprint density at radius 3 is 2.27 bits per heavy atom. The fourth-order valence-electron chi connectivity index (χ4n) is 3.23. The van der Waals surface area contributed by atoms with Gasteiger partial charge in [0, 0.05) is 17.4 Å². The summed E-state index contributed by atoms with van der Waals surface area (Å²) in [5, 5.41) is 3.12. The van der Waals surface area contributed by atoms with Crippen LogP contribution in [0.25, 0.3) is 0 Å². The zero-order valence-electron chi connectivity index (χ0n) is 14.4. The van der Waals surface area contributed by atoms with Crippen LogP contribution < -0.4 is 5.32 Å². The number of nitrogens with one attached hydrogen (secondary N) is 1. The van der Waals surface area contributed by atoms with E-state index in [9.17, 15) is 4.79 Å². The second-order valence-corrected chi connectivity index (χ2v) is 6.30. The van der Waals surface area contributed by atoms with Crippen molar-refractivity contribution in [3.05, 3.63) is 58.4 Å². The minimum absolute atomic E-state index is 0.00388. The number of nitrogens with zero attached hydrogens (tertiary/aromatic N) is 1. The molecule has 3 heteroatoms. The number of hydrogen-bond donors (Lipinski definition) is 1. The van der Waals surface area contributed by atoms with Crippen molar-refractivity contribution in [1.82, 2.24) is 9.88 Å². The van der Waals surface area contributed by atoms with E-state index in [1.165, 1.54) is 5.56 Å². The molecule has 2 rings (SSSR count). The van der Waals surface area contributed by atoms with Crippen LogP contribution in [0.5, 0.6) is 0 Å². The van der Waals surface area contributed by atoms with E-state index in [0.717, 1.165) is 22.5 Å². The van der Waals surface area contributed by atoms with Crippen molar-refractivity contribution in [3.63, 3.8) is 0 Å². The summed E-state index contributed by atoms with van der Waals surface area (Å²) in [7, 11) is 0. The molecule has 1 amide bonds. The SMILES string of the molecule is Cc1ccccc1C(C)NC(=O)c1cc(C)n(C(C)C)c1C. The largest absolute Gasteiger partial charge is 0.346 e. The summed E-state index contributed by atoms with van der Waals surface area (Å²) >= 11 is 0. The van der Waals surface area contributed by atoms with Crippen molar-refractivity contribution < 1.29 is 4.79 Å². The lowest BCUT2D eigenvalue weighted by Gasteiger charge is -2.17. The Bertz CT molecular complexity index is 683. The molecule has 1 aromatic carbocycles. The number of benzene rings is 1. The molecule has 0 spiro atoms. The fraction of sp³-hybridized carbons (Fsp3) is 0.421. The lowest BCUT2D eigenvalue weighted by atomic mass is 10.0. The highest BCUT2D eigenvalue weighted by atomic mass is 16.1. The van der Waals surface area contributed by atoms with Crippen LogP contribution in [0.1, 0.15) is 65.7 Å². The van der Waals surface area contributed by atoms with E-state index in [0.29, 0.717) is 6.04 Å². The Kier molecular flexibility index (Phi) is 4.74. The van der Waals surface area contributed by atoms with Crippen LogP contribution in [0.4, 0.5) is 0 Å². The number of carbonyl (C=O) groups excluding carboxylic acids is 1. The van der Waals surface area contributed by atoms with Crippen LogP contribution in [0, 0.1) is 20.8 Å². The average Bonchev–Trinajstić information content (AvgIpc) is 2.74. The van der Waals surface area contributed by atoms with Gasteiger partial charge in [0.15, 0.2) is 0 Å². The third-order valence-corrected chi connectivity index (χ3v) is 4.25. The third-order valence-electron chi connectivity index (χ3n) is 4.25. The molecule has 0 saturated heterocycles. The summed E-state index contributed by atoms with van der Waals surface area (Å²) in [5.74, 6) is -0.00393. The van der Waals surface area contributed by atoms with Gasteiger partial charge in [-0.1, -0.05) is 24.3 Å². The Balaban J connectivity index is 2.23. The molecular weight excluding hydrogens is 272 g/mol. The first kappa shape index (κ1) is 16.3. The van der Waals surface area contributed by atoms with E-state index < -0.39 is 0 Å². The lowest BCUT2D eigenvalue weighted by Crippen LogP contribution is -2.27. The Hall–Kier alpha value is -2.03. The van der Waals surface area contributed by atoms with Crippen molar-refractivity contribution in [3.8, 4) is 0 Å². The molecule has 0 aliphatic rings. The molecule has 1 N–H and O–H groups in total. The predicted molar refractivity (Wildman–Crippen MR) is 91.4 cm³/mol. The van der Waals surface area contributed by atoms with Gasteiger partial charge in [-0.3, -0.25) is 4.79 Å². The van der Waals surface area contributed by atoms with Crippen LogP contribution in [0.3, 0.4) is 0 Å². The van der Waals surface area contributed by atoms with Gasteiger partial charge in [0.1, 0.15) is 0 Å². The first-order valence-corrected chi connectivity index (χ1v) is 7.87. The fourth-order valence-corrected chi connectivity index (χ4v) is 3.23. The van der Waals surface area contributed by atoms with Gasteiger partial charge in [0.25, 0.3) is 5.91 Å². The molecule has 0 fully saturated rings. The average molecular weight is 298 g/mol. The van der Waals surface area contributed by atoms with Gasteiger partial charge in [0.05, 0.1) is 11.6 Å². The van der Waals surface area contributed by atoms with E-state index in [4.69, 9.17) is 0 Å². The molecule has 0 aliphatic carbocycles. The highest BCUT2D eigenvalue weighted by Gasteiger charge is 2.19. The molecule has 118 valence electrons. The van der Waals surface area contributed by atoms with E-state index in [2.05, 4.69) is 49.7 Å². The summed E-state index contributed by atoms with van der Waals surface area (Å²) in [5.41, 5.74) is 5.28. The molecular formula is C19H26N2O. The molecule has 3 nitrogen and oxygen atoms in total. The summed E-state index contributed by atoms with van der Waals surface area (Å²) < 4.78 is 2.20. The molecule has 1 aromatic heterocycles. The summed E-state index contributed by atoms with van der Waals surface area (Å²) in [6.07, 6.45) is 0. The van der Waals surface area contributed by atoms with Crippen molar-refractivity contribution in [1.29, 1.82) is 0 Å². The monoisotopic (exact) mass is 298 g/mol. The first-order valence-electron chi connectivity index (χ1n) is 7.87. The van der Waals surface area contributed by atoms with Crippen molar-refractivity contribution in [2.75, 3.05) is 0 Å². The number of carbonyl (C=O) groups is 1. The summed E-state index contributed by atoms with van der Waals surface area (Å²) in [6.45, 7) is 12.4. The molecule has 0 aliphatic heterocycles. The van der Waals surface area contributed by atoms with Gasteiger partial charge >= 0.3 is 0 Å². The van der Waals surface area contributed by atoms with E-state index in [1.807, 2.05) is 32.0 Å². The Morgan fingerprint density at radius 1 is 1.09 bits per heavy atom. The van der Waals surface area contributed by atoms with Gasteiger partial charge < -0.3 is 9.88 Å². The van der Waals surface area contributed by atoms with Crippen LogP contribution in [0.2, 0.25) is 0 Å². The van der Waals surface area contributed by atoms with Crippen LogP contribution in [-0.2, 0) is 0 Å². The zero-order valence-corrected chi connectivity index (χ0v) is 14.4. The van der Waals surface area contributed by atoms with Crippen LogP contribution in [-0.4, -0.2) is 10.5 Å². The molecule has 1 atom stereocenters. The second kappa shape index (κ2) is 6.39. The zero-order chi connectivity index (χ0) is 16.4. The summed E-state index contributed by atoms with van der Waals surface area (Å²) in [4.78, 5) is 12.6. The number of amides is 1. The van der Waals surface area contributed by atoms with Crippen molar-refractivity contribution in [2.24, 2.45) is 0 Å². The molecule has 1 unspecified atom stereocenters. The van der Waals surface area contributed by atoms with E-state index >= 15 is 0 Å². The topological polar surface area (TPSA) is 34.0 Å². The van der Waals surface area contributed by atoms with Crippen LogP contribution in [0.15, 0.2) is 30.3 Å². The Morgan fingerprint density at radius 2 is 1.73 bits per heavy atom. The maximum absolute atomic E-state index is 12.6. The van der Waals surface area contributed by atoms with Gasteiger partial charge in [-0.2, -0.15) is 0 Å². The van der Waals surface area contributed by atoms with Gasteiger partial charge in [-0.05, 0) is 58.7 Å². The maximum atomic E-state index is 12.6. The Labute approximate surface area is 133 Å². The van der Waals surface area contributed by atoms with E-state index in [1.54, 1.807) is 0 Å². The number of aromatic nitrogens is 1. The number of hydrogen-bond acceptors (Lipinski definition) is 1. The smallest absolute Gasteiger partial charge is 0.253 e. The van der Waals surface area contributed by atoms with Crippen LogP contribution >= 0.6 is 0 Å². The third kappa shape index (κ3) is 3.08. The van der Waals surface area contributed by atoms with E-state index in [-0.39, 0.29) is 11.9 Å². The normalized spacial score (nSPS) is 12.5. The molecule has 1 heterocycles. The minimum Gasteiger partial charge on any atom is -0.346 e. The molecule has 22 heavy (non-hydrogen) atoms. The highest BCUT2D eigenvalue weighted by molar-refractivity contribution is 5.96. The molecule has 0 bridgehead atoms. The van der Waals surface area contributed by atoms with Gasteiger partial charge in [-0.25, -0.2) is 0 Å². The molecule has 2 aromatic rings. The maximum Gasteiger partial charge on any atom is 0.253 e. The quantitative estimate of drug-likeness (QED) is 0.887. The van der Waals surface area contributed by atoms with Crippen molar-refractivity contribution in [2.45, 2.75) is 53.6 Å². The molecule has 0 radical (unpaired) electrons. The molecule has 0 saturated carbocycles. The lowest BCUT2D eigenvalue weighted by molar-refractivity contribution is 0.0939. The minimum atomic E-state index is -0.00393. The number of aryl methyl sites for hydroxylation is 2. The highest BCUT2D eigenvalue weighted by Crippen LogP contribution is 2.22. The standard InChI is InChI=1S/C19H26N2O/c1-12(2)21-14(4)11-18(16(21)6)19(22)20-15(5)17-10-8-7-9-13(17)3/h7-12,15H,1-6H3,(H,20,22).